The molecule has 0 amide bonds. The van der Waals surface area contributed by atoms with E-state index in [2.05, 4.69) is 40.1 Å². The lowest BCUT2D eigenvalue weighted by Gasteiger charge is -2.13. The van der Waals surface area contributed by atoms with Crippen LogP contribution in [-0.4, -0.2) is 11.5 Å². The van der Waals surface area contributed by atoms with Crippen molar-refractivity contribution in [3.8, 4) is 11.5 Å². The van der Waals surface area contributed by atoms with Gasteiger partial charge in [0.1, 0.15) is 11.5 Å². The first-order valence-electron chi connectivity index (χ1n) is 6.73. The van der Waals surface area contributed by atoms with E-state index in [-0.39, 0.29) is 6.04 Å². The molecule has 20 heavy (non-hydrogen) atoms. The number of hydrogen-bond acceptors (Lipinski definition) is 3. The minimum absolute atomic E-state index is 0.252. The first-order chi connectivity index (χ1) is 9.60. The van der Waals surface area contributed by atoms with Crippen molar-refractivity contribution >= 4 is 15.9 Å². The molecule has 3 nitrogen and oxygen atoms in total. The number of hydrogen-bond donors (Lipinski definition) is 1. The highest BCUT2D eigenvalue weighted by Gasteiger charge is 2.07. The maximum atomic E-state index is 5.87. The van der Waals surface area contributed by atoms with Crippen LogP contribution in [0, 0.1) is 6.92 Å². The Hall–Kier alpha value is -1.39. The zero-order valence-corrected chi connectivity index (χ0v) is 13.6. The smallest absolute Gasteiger partial charge is 0.145 e. The van der Waals surface area contributed by atoms with Crippen LogP contribution in [0.25, 0.3) is 0 Å². The fraction of sp³-hybridized carbons (Fsp3) is 0.312. The van der Waals surface area contributed by atoms with E-state index in [1.165, 1.54) is 0 Å². The van der Waals surface area contributed by atoms with Gasteiger partial charge >= 0.3 is 0 Å². The molecule has 1 atom stereocenters. The van der Waals surface area contributed by atoms with Crippen LogP contribution in [0.2, 0.25) is 0 Å². The molecule has 0 fully saturated rings. The van der Waals surface area contributed by atoms with Crippen LogP contribution in [-0.2, 0) is 0 Å². The van der Waals surface area contributed by atoms with Gasteiger partial charge in [0.25, 0.3) is 0 Å². The molecule has 1 N–H and O–H groups in total. The molecule has 0 bridgehead atoms. The fourth-order valence-corrected chi connectivity index (χ4v) is 2.27. The summed E-state index contributed by atoms with van der Waals surface area (Å²) >= 11 is 3.45. The van der Waals surface area contributed by atoms with Gasteiger partial charge in [0.15, 0.2) is 0 Å². The molecule has 1 aromatic heterocycles. The molecule has 4 heteroatoms. The van der Waals surface area contributed by atoms with E-state index in [0.29, 0.717) is 0 Å². The molecule has 106 valence electrons. The Bertz CT molecular complexity index is 569. The summed E-state index contributed by atoms with van der Waals surface area (Å²) in [6.07, 6.45) is 1.77. The Morgan fingerprint density at radius 2 is 2.10 bits per heavy atom. The quantitative estimate of drug-likeness (QED) is 0.866. The Balaban J connectivity index is 2.12. The van der Waals surface area contributed by atoms with Crippen molar-refractivity contribution in [1.82, 2.24) is 10.3 Å². The second-order valence-corrected chi connectivity index (χ2v) is 5.63. The van der Waals surface area contributed by atoms with Crippen LogP contribution < -0.4 is 10.1 Å². The van der Waals surface area contributed by atoms with Crippen molar-refractivity contribution in [3.05, 3.63) is 52.3 Å². The minimum Gasteiger partial charge on any atom is -0.455 e. The molecule has 0 radical (unpaired) electrons. The molecule has 0 aliphatic heterocycles. The van der Waals surface area contributed by atoms with Gasteiger partial charge in [-0.15, -0.1) is 0 Å². The maximum Gasteiger partial charge on any atom is 0.145 e. The number of nitrogens with zero attached hydrogens (tertiary/aromatic N) is 1. The Morgan fingerprint density at radius 1 is 1.30 bits per heavy atom. The van der Waals surface area contributed by atoms with Crippen LogP contribution in [0.4, 0.5) is 0 Å². The number of pyridine rings is 1. The highest BCUT2D eigenvalue weighted by atomic mass is 79.9. The number of aromatic nitrogens is 1. The third-order valence-electron chi connectivity index (χ3n) is 3.09. The highest BCUT2D eigenvalue weighted by molar-refractivity contribution is 9.10. The molecule has 0 saturated carbocycles. The van der Waals surface area contributed by atoms with Crippen LogP contribution in [0.3, 0.4) is 0 Å². The third-order valence-corrected chi connectivity index (χ3v) is 3.58. The summed E-state index contributed by atoms with van der Waals surface area (Å²) in [4.78, 5) is 4.45. The van der Waals surface area contributed by atoms with Gasteiger partial charge in [0.2, 0.25) is 0 Å². The minimum atomic E-state index is 0.252. The van der Waals surface area contributed by atoms with Gasteiger partial charge in [-0.3, -0.25) is 4.98 Å². The summed E-state index contributed by atoms with van der Waals surface area (Å²) in [6.45, 7) is 7.14. The molecular formula is C16H19BrN2O. The SMILES string of the molecule is CCNC(C)c1ccc(Oc2cc(Br)ccc2C)cn1. The lowest BCUT2D eigenvalue weighted by Crippen LogP contribution is -2.18. The second kappa shape index (κ2) is 6.86. The average molecular weight is 335 g/mol. The van der Waals surface area contributed by atoms with E-state index >= 15 is 0 Å². The fourth-order valence-electron chi connectivity index (χ4n) is 1.93. The summed E-state index contributed by atoms with van der Waals surface area (Å²) in [5.41, 5.74) is 2.11. The van der Waals surface area contributed by atoms with Crippen molar-refractivity contribution in [2.24, 2.45) is 0 Å². The van der Waals surface area contributed by atoms with Gasteiger partial charge in [-0.2, -0.15) is 0 Å². The van der Waals surface area contributed by atoms with E-state index in [1.54, 1.807) is 6.20 Å². The average Bonchev–Trinajstić information content (AvgIpc) is 2.44. The number of benzene rings is 1. The second-order valence-electron chi connectivity index (χ2n) is 4.71. The maximum absolute atomic E-state index is 5.87. The molecule has 0 aliphatic rings. The lowest BCUT2D eigenvalue weighted by molar-refractivity contribution is 0.474. The van der Waals surface area contributed by atoms with Gasteiger partial charge in [0.05, 0.1) is 11.9 Å². The normalized spacial score (nSPS) is 12.2. The van der Waals surface area contributed by atoms with Crippen molar-refractivity contribution in [2.45, 2.75) is 26.8 Å². The zero-order valence-electron chi connectivity index (χ0n) is 12.0. The van der Waals surface area contributed by atoms with E-state index in [1.807, 2.05) is 37.3 Å². The molecule has 1 unspecified atom stereocenters. The highest BCUT2D eigenvalue weighted by Crippen LogP contribution is 2.28. The topological polar surface area (TPSA) is 34.1 Å². The zero-order chi connectivity index (χ0) is 14.5. The van der Waals surface area contributed by atoms with Gasteiger partial charge in [-0.05, 0) is 50.2 Å². The van der Waals surface area contributed by atoms with Crippen LogP contribution in [0.15, 0.2) is 41.0 Å². The summed E-state index contributed by atoms with van der Waals surface area (Å²) < 4.78 is 6.87. The molecule has 1 aromatic carbocycles. The Morgan fingerprint density at radius 3 is 2.75 bits per heavy atom. The van der Waals surface area contributed by atoms with Crippen LogP contribution >= 0.6 is 15.9 Å². The number of ether oxygens (including phenoxy) is 1. The Labute approximate surface area is 128 Å². The number of aryl methyl sites for hydroxylation is 1. The third kappa shape index (κ3) is 3.81. The first-order valence-corrected chi connectivity index (χ1v) is 7.52. The summed E-state index contributed by atoms with van der Waals surface area (Å²) in [5.74, 6) is 1.59. The van der Waals surface area contributed by atoms with E-state index in [0.717, 1.165) is 33.8 Å². The number of rotatable bonds is 5. The van der Waals surface area contributed by atoms with Crippen molar-refractivity contribution in [3.63, 3.8) is 0 Å². The van der Waals surface area contributed by atoms with Gasteiger partial charge in [-0.1, -0.05) is 28.9 Å². The lowest BCUT2D eigenvalue weighted by atomic mass is 10.2. The molecule has 0 spiro atoms. The van der Waals surface area contributed by atoms with E-state index < -0.39 is 0 Å². The summed E-state index contributed by atoms with van der Waals surface area (Å²) in [5, 5.41) is 3.34. The summed E-state index contributed by atoms with van der Waals surface area (Å²) in [6, 6.07) is 10.2. The van der Waals surface area contributed by atoms with Crippen molar-refractivity contribution in [1.29, 1.82) is 0 Å². The van der Waals surface area contributed by atoms with Crippen LogP contribution in [0.5, 0.6) is 11.5 Å². The molecule has 2 aromatic rings. The van der Waals surface area contributed by atoms with Crippen molar-refractivity contribution < 1.29 is 4.74 Å². The standard InChI is InChI=1S/C16H19BrN2O/c1-4-18-12(3)15-8-7-14(10-19-15)20-16-9-13(17)6-5-11(16)2/h5-10,12,18H,4H2,1-3H3. The molecule has 2 rings (SSSR count). The van der Waals surface area contributed by atoms with Gasteiger partial charge in [-0.25, -0.2) is 0 Å². The van der Waals surface area contributed by atoms with Gasteiger partial charge < -0.3 is 10.1 Å². The molecule has 0 saturated heterocycles. The van der Waals surface area contributed by atoms with Crippen LogP contribution in [0.1, 0.15) is 31.1 Å². The van der Waals surface area contributed by atoms with Crippen molar-refractivity contribution in [2.75, 3.05) is 6.54 Å². The number of halogens is 1. The molecule has 0 aliphatic carbocycles. The molecular weight excluding hydrogens is 316 g/mol. The largest absolute Gasteiger partial charge is 0.455 e. The predicted molar refractivity (Wildman–Crippen MR) is 85.3 cm³/mol. The monoisotopic (exact) mass is 334 g/mol. The predicted octanol–water partition coefficient (Wildman–Crippen LogP) is 4.62. The van der Waals surface area contributed by atoms with Gasteiger partial charge in [0, 0.05) is 10.5 Å². The molecule has 1 heterocycles. The summed E-state index contributed by atoms with van der Waals surface area (Å²) in [7, 11) is 0. The van der Waals surface area contributed by atoms with E-state index in [9.17, 15) is 0 Å². The number of nitrogens with one attached hydrogen (secondary N) is 1. The first kappa shape index (κ1) is 15.0. The van der Waals surface area contributed by atoms with E-state index in [4.69, 9.17) is 4.74 Å². The Kier molecular flexibility index (Phi) is 5.15.